The van der Waals surface area contributed by atoms with Crippen LogP contribution in [0.4, 0.5) is 13.2 Å². The second kappa shape index (κ2) is 11.5. The van der Waals surface area contributed by atoms with Gasteiger partial charge in [0.25, 0.3) is 10.0 Å². The van der Waals surface area contributed by atoms with E-state index in [-0.39, 0.29) is 45.3 Å². The van der Waals surface area contributed by atoms with E-state index in [1.165, 1.54) is 44.7 Å². The van der Waals surface area contributed by atoms with Crippen LogP contribution in [0, 0.1) is 0 Å². The molecule has 3 rings (SSSR count). The molecule has 0 unspecified atom stereocenters. The topological polar surface area (TPSA) is 116 Å². The molecule has 9 nitrogen and oxygen atoms in total. The van der Waals surface area contributed by atoms with Crippen LogP contribution in [0.5, 0.6) is 28.7 Å². The summed E-state index contributed by atoms with van der Waals surface area (Å²) >= 11 is 5.76. The highest BCUT2D eigenvalue weighted by Gasteiger charge is 2.31. The van der Waals surface area contributed by atoms with Gasteiger partial charge in [0, 0.05) is 5.56 Å². The van der Waals surface area contributed by atoms with Gasteiger partial charge >= 0.3 is 6.36 Å². The molecule has 0 aliphatic heterocycles. The number of phenolic OH excluding ortho intramolecular Hbond substituents is 1. The molecule has 0 fully saturated rings. The van der Waals surface area contributed by atoms with Crippen LogP contribution in [0.1, 0.15) is 11.1 Å². The van der Waals surface area contributed by atoms with Crippen molar-refractivity contribution in [2.75, 3.05) is 14.2 Å². The van der Waals surface area contributed by atoms with E-state index in [1.54, 1.807) is 0 Å². The number of methoxy groups -OCH3 is 2. The Morgan fingerprint density at radius 3 is 2.19 bits per heavy atom. The Morgan fingerprint density at radius 2 is 1.65 bits per heavy atom. The monoisotopic (exact) mass is 560 g/mol. The van der Waals surface area contributed by atoms with Gasteiger partial charge in [-0.2, -0.15) is 13.5 Å². The van der Waals surface area contributed by atoms with Crippen LogP contribution < -0.4 is 23.8 Å². The first-order valence-electron chi connectivity index (χ1n) is 10.2. The number of phenols is 1. The summed E-state index contributed by atoms with van der Waals surface area (Å²) in [5.41, 5.74) is 0.939. The molecular formula is C23H20ClF3N2O7S. The average molecular weight is 561 g/mol. The lowest BCUT2D eigenvalue weighted by Crippen LogP contribution is -2.18. The summed E-state index contributed by atoms with van der Waals surface area (Å²) in [6.45, 7) is -0.0263. The van der Waals surface area contributed by atoms with E-state index in [4.69, 9.17) is 25.8 Å². The van der Waals surface area contributed by atoms with Crippen LogP contribution in [-0.2, 0) is 16.6 Å². The standard InChI is InChI=1S/C23H20ClF3N2O7S/c1-33-20-9-15(12-28-29-37(31,32)17-7-8-19(30)18(24)11-17)10-21(34-2)22(20)35-13-14-3-5-16(6-4-14)36-23(25,26)27/h3-12,29-30H,13H2,1-2H3/b28-12+. The van der Waals surface area contributed by atoms with E-state index in [1.807, 2.05) is 4.83 Å². The van der Waals surface area contributed by atoms with Crippen LogP contribution in [0.3, 0.4) is 0 Å². The molecule has 0 heterocycles. The van der Waals surface area contributed by atoms with Gasteiger partial charge in [0.05, 0.1) is 30.4 Å². The minimum atomic E-state index is -4.79. The van der Waals surface area contributed by atoms with Crippen molar-refractivity contribution >= 4 is 27.8 Å². The molecule has 0 aliphatic carbocycles. The number of rotatable bonds is 10. The highest BCUT2D eigenvalue weighted by Crippen LogP contribution is 2.39. The smallest absolute Gasteiger partial charge is 0.506 e. The summed E-state index contributed by atoms with van der Waals surface area (Å²) in [6, 6.07) is 11.5. The fourth-order valence-electron chi connectivity index (χ4n) is 2.94. The summed E-state index contributed by atoms with van der Waals surface area (Å²) in [6.07, 6.45) is -3.59. The first kappa shape index (κ1) is 27.7. The zero-order chi connectivity index (χ0) is 27.2. The fourth-order valence-corrected chi connectivity index (χ4v) is 4.00. The van der Waals surface area contributed by atoms with Crippen LogP contribution in [0.15, 0.2) is 64.6 Å². The van der Waals surface area contributed by atoms with E-state index in [0.717, 1.165) is 30.3 Å². The summed E-state index contributed by atoms with van der Waals surface area (Å²) in [5.74, 6) is 0.0337. The highest BCUT2D eigenvalue weighted by atomic mass is 35.5. The molecular weight excluding hydrogens is 541 g/mol. The van der Waals surface area contributed by atoms with Crippen LogP contribution >= 0.6 is 11.6 Å². The van der Waals surface area contributed by atoms with Crippen molar-refractivity contribution in [3.63, 3.8) is 0 Å². The molecule has 0 atom stereocenters. The van der Waals surface area contributed by atoms with E-state index in [2.05, 4.69) is 9.84 Å². The molecule has 198 valence electrons. The van der Waals surface area contributed by atoms with Gasteiger partial charge in [-0.05, 0) is 48.0 Å². The van der Waals surface area contributed by atoms with Gasteiger partial charge < -0.3 is 24.1 Å². The van der Waals surface area contributed by atoms with Gasteiger partial charge in [0.2, 0.25) is 5.75 Å². The predicted molar refractivity (Wildman–Crippen MR) is 128 cm³/mol. The first-order valence-corrected chi connectivity index (χ1v) is 12.0. The lowest BCUT2D eigenvalue weighted by atomic mass is 10.2. The Balaban J connectivity index is 1.73. The summed E-state index contributed by atoms with van der Waals surface area (Å²) in [5, 5.41) is 13.1. The molecule has 3 aromatic rings. The van der Waals surface area contributed by atoms with Crippen molar-refractivity contribution in [3.05, 3.63) is 70.7 Å². The number of ether oxygens (including phenoxy) is 4. The molecule has 0 bridgehead atoms. The number of nitrogens with zero attached hydrogens (tertiary/aromatic N) is 1. The number of aromatic hydroxyl groups is 1. The normalized spacial score (nSPS) is 11.8. The zero-order valence-corrected chi connectivity index (χ0v) is 20.8. The predicted octanol–water partition coefficient (Wildman–Crippen LogP) is 4.85. The Kier molecular flexibility index (Phi) is 8.61. The Labute approximate surface area is 215 Å². The minimum absolute atomic E-state index is 0.0263. The number of hydrogen-bond donors (Lipinski definition) is 2. The number of hydrazone groups is 1. The molecule has 3 aromatic carbocycles. The molecule has 0 radical (unpaired) electrons. The molecule has 0 saturated carbocycles. The van der Waals surface area contributed by atoms with Gasteiger partial charge in [-0.3, -0.25) is 0 Å². The average Bonchev–Trinajstić information content (AvgIpc) is 2.84. The van der Waals surface area contributed by atoms with Crippen molar-refractivity contribution in [1.29, 1.82) is 0 Å². The molecule has 0 aliphatic rings. The van der Waals surface area contributed by atoms with E-state index >= 15 is 0 Å². The van der Waals surface area contributed by atoms with Gasteiger partial charge in [0.15, 0.2) is 11.5 Å². The highest BCUT2D eigenvalue weighted by molar-refractivity contribution is 7.89. The van der Waals surface area contributed by atoms with Crippen molar-refractivity contribution in [2.24, 2.45) is 5.10 Å². The molecule has 0 saturated heterocycles. The Morgan fingerprint density at radius 1 is 1.03 bits per heavy atom. The van der Waals surface area contributed by atoms with Crippen molar-refractivity contribution in [1.82, 2.24) is 4.83 Å². The van der Waals surface area contributed by atoms with Crippen molar-refractivity contribution < 1.29 is 45.6 Å². The first-order chi connectivity index (χ1) is 17.4. The summed E-state index contributed by atoms with van der Waals surface area (Å²) in [4.78, 5) is 1.83. The Hall–Kier alpha value is -3.84. The van der Waals surface area contributed by atoms with Crippen molar-refractivity contribution in [3.8, 4) is 28.7 Å². The van der Waals surface area contributed by atoms with Gasteiger partial charge in [-0.15, -0.1) is 13.2 Å². The SMILES string of the molecule is COc1cc(/C=N/NS(=O)(=O)c2ccc(O)c(Cl)c2)cc(OC)c1OCc1ccc(OC(F)(F)F)cc1. The second-order valence-electron chi connectivity index (χ2n) is 7.20. The summed E-state index contributed by atoms with van der Waals surface area (Å²) in [7, 11) is -1.31. The number of halogens is 4. The van der Waals surface area contributed by atoms with Gasteiger partial charge in [0.1, 0.15) is 18.1 Å². The molecule has 14 heteroatoms. The molecule has 2 N–H and O–H groups in total. The van der Waals surface area contributed by atoms with E-state index in [9.17, 15) is 26.7 Å². The van der Waals surface area contributed by atoms with Gasteiger partial charge in [-0.25, -0.2) is 4.83 Å². The maximum atomic E-state index is 12.4. The van der Waals surface area contributed by atoms with Gasteiger partial charge in [-0.1, -0.05) is 23.7 Å². The maximum absolute atomic E-state index is 12.4. The molecule has 0 amide bonds. The molecule has 37 heavy (non-hydrogen) atoms. The van der Waals surface area contributed by atoms with E-state index < -0.39 is 16.4 Å². The fraction of sp³-hybridized carbons (Fsp3) is 0.174. The molecule has 0 spiro atoms. The van der Waals surface area contributed by atoms with Crippen LogP contribution in [0.25, 0.3) is 0 Å². The number of alkyl halides is 3. The number of hydrogen-bond acceptors (Lipinski definition) is 8. The van der Waals surface area contributed by atoms with Crippen molar-refractivity contribution in [2.45, 2.75) is 17.9 Å². The quantitative estimate of drug-likeness (QED) is 0.269. The lowest BCUT2D eigenvalue weighted by Gasteiger charge is -2.15. The third-order valence-corrected chi connectivity index (χ3v) is 6.16. The molecule has 0 aromatic heterocycles. The largest absolute Gasteiger partial charge is 0.573 e. The minimum Gasteiger partial charge on any atom is -0.506 e. The van der Waals surface area contributed by atoms with Crippen LogP contribution in [-0.4, -0.2) is 40.3 Å². The van der Waals surface area contributed by atoms with Crippen LogP contribution in [0.2, 0.25) is 5.02 Å². The zero-order valence-electron chi connectivity index (χ0n) is 19.2. The number of nitrogens with one attached hydrogen (secondary N) is 1. The third-order valence-electron chi connectivity index (χ3n) is 4.64. The number of benzene rings is 3. The second-order valence-corrected chi connectivity index (χ2v) is 9.27. The summed E-state index contributed by atoms with van der Waals surface area (Å²) < 4.78 is 82.1. The lowest BCUT2D eigenvalue weighted by molar-refractivity contribution is -0.274. The number of sulfonamides is 1. The Bertz CT molecular complexity index is 1360. The third kappa shape index (κ3) is 7.57. The van der Waals surface area contributed by atoms with E-state index in [0.29, 0.717) is 11.1 Å². The maximum Gasteiger partial charge on any atom is 0.573 e.